The Bertz CT molecular complexity index is 659. The van der Waals surface area contributed by atoms with E-state index >= 15 is 0 Å². The van der Waals surface area contributed by atoms with Crippen molar-refractivity contribution in [2.75, 3.05) is 26.1 Å². The van der Waals surface area contributed by atoms with Gasteiger partial charge in [-0.25, -0.2) is 5.43 Å². The smallest absolute Gasteiger partial charge is 0.296 e. The lowest BCUT2D eigenvalue weighted by molar-refractivity contribution is -0.384. The second-order valence-electron chi connectivity index (χ2n) is 4.68. The number of methoxy groups -OCH3 is 2. The number of anilines is 1. The van der Waals surface area contributed by atoms with Gasteiger partial charge in [0.05, 0.1) is 24.5 Å². The molecule has 0 unspecified atom stereocenters. The van der Waals surface area contributed by atoms with E-state index in [0.717, 1.165) is 0 Å². The Hall–Kier alpha value is -3.01. The van der Waals surface area contributed by atoms with Crippen molar-refractivity contribution >= 4 is 28.9 Å². The molecule has 0 saturated carbocycles. The molecule has 1 rings (SSSR count). The third kappa shape index (κ3) is 6.01. The number of nitrogens with zero attached hydrogens (tertiary/aromatic N) is 2. The molecule has 0 aromatic heterocycles. The summed E-state index contributed by atoms with van der Waals surface area (Å²) in [6.45, 7) is 1.39. The molecule has 0 heterocycles. The largest absolute Gasteiger partial charge is 0.496 e. The summed E-state index contributed by atoms with van der Waals surface area (Å²) in [5.41, 5.74) is 2.30. The summed E-state index contributed by atoms with van der Waals surface area (Å²) in [4.78, 5) is 33.5. The van der Waals surface area contributed by atoms with E-state index in [0.29, 0.717) is 11.5 Å². The van der Waals surface area contributed by atoms with Gasteiger partial charge in [0.15, 0.2) is 0 Å². The predicted molar refractivity (Wildman–Crippen MR) is 86.0 cm³/mol. The van der Waals surface area contributed by atoms with Gasteiger partial charge in [-0.3, -0.25) is 19.7 Å². The number of nitro benzene ring substituents is 1. The molecule has 2 amide bonds. The third-order valence-corrected chi connectivity index (χ3v) is 2.74. The number of amides is 2. The number of rotatable bonds is 8. The minimum Gasteiger partial charge on any atom is -0.496 e. The molecule has 0 saturated heterocycles. The Balaban J connectivity index is 2.72. The van der Waals surface area contributed by atoms with Crippen molar-refractivity contribution in [3.63, 3.8) is 0 Å². The molecule has 10 heteroatoms. The second kappa shape index (κ2) is 9.20. The fraction of sp³-hybridized carbons (Fsp3) is 0.357. The fourth-order valence-electron chi connectivity index (χ4n) is 1.68. The van der Waals surface area contributed by atoms with E-state index in [2.05, 4.69) is 20.6 Å². The van der Waals surface area contributed by atoms with Gasteiger partial charge in [-0.1, -0.05) is 0 Å². The van der Waals surface area contributed by atoms with Gasteiger partial charge in [-0.15, -0.1) is 0 Å². The van der Waals surface area contributed by atoms with Crippen LogP contribution in [0.15, 0.2) is 23.3 Å². The summed E-state index contributed by atoms with van der Waals surface area (Å²) in [6.07, 6.45) is -0.142. The van der Waals surface area contributed by atoms with Crippen molar-refractivity contribution < 1.29 is 24.0 Å². The monoisotopic (exact) mass is 338 g/mol. The summed E-state index contributed by atoms with van der Waals surface area (Å²) in [5.74, 6) is -0.660. The SMILES string of the molecule is COCC(=O)N/N=C(/C)CC(=O)Nc1ccc(OC)cc1[N+](=O)[O-]. The van der Waals surface area contributed by atoms with Crippen LogP contribution in [0.5, 0.6) is 5.75 Å². The van der Waals surface area contributed by atoms with Gasteiger partial charge in [0, 0.05) is 12.8 Å². The van der Waals surface area contributed by atoms with Crippen molar-refractivity contribution in [1.29, 1.82) is 0 Å². The quantitative estimate of drug-likeness (QED) is 0.414. The molecule has 2 N–H and O–H groups in total. The Morgan fingerprint density at radius 1 is 1.29 bits per heavy atom. The molecular formula is C14H18N4O6. The number of carbonyl (C=O) groups excluding carboxylic acids is 2. The second-order valence-corrected chi connectivity index (χ2v) is 4.68. The number of nitro groups is 1. The van der Waals surface area contributed by atoms with Crippen LogP contribution in [0.4, 0.5) is 11.4 Å². The van der Waals surface area contributed by atoms with E-state index in [4.69, 9.17) is 4.74 Å². The molecule has 0 fully saturated rings. The molecule has 1 aromatic rings. The number of nitrogens with one attached hydrogen (secondary N) is 2. The van der Waals surface area contributed by atoms with Crippen LogP contribution in [-0.4, -0.2) is 43.3 Å². The van der Waals surface area contributed by atoms with E-state index in [-0.39, 0.29) is 24.4 Å². The number of hydrazone groups is 1. The number of hydrogen-bond acceptors (Lipinski definition) is 7. The van der Waals surface area contributed by atoms with E-state index in [1.165, 1.54) is 39.3 Å². The van der Waals surface area contributed by atoms with Crippen LogP contribution in [0.2, 0.25) is 0 Å². The Morgan fingerprint density at radius 2 is 2.00 bits per heavy atom. The molecule has 0 aliphatic heterocycles. The van der Waals surface area contributed by atoms with Crippen LogP contribution in [0.25, 0.3) is 0 Å². The Morgan fingerprint density at radius 3 is 2.58 bits per heavy atom. The molecule has 0 spiro atoms. The molecule has 0 bridgehead atoms. The van der Waals surface area contributed by atoms with Gasteiger partial charge in [-0.2, -0.15) is 5.10 Å². The highest BCUT2D eigenvalue weighted by atomic mass is 16.6. The van der Waals surface area contributed by atoms with E-state index in [1.54, 1.807) is 0 Å². The standard InChI is InChI=1S/C14H18N4O6/c1-9(16-17-14(20)8-23-2)6-13(19)15-11-5-4-10(24-3)7-12(11)18(21)22/h4-5,7H,6,8H2,1-3H3,(H,15,19)(H,17,20)/b16-9-. The fourth-order valence-corrected chi connectivity index (χ4v) is 1.68. The minimum atomic E-state index is -0.621. The average Bonchev–Trinajstić information content (AvgIpc) is 2.53. The summed E-state index contributed by atoms with van der Waals surface area (Å²) < 4.78 is 9.53. The van der Waals surface area contributed by atoms with Gasteiger partial charge < -0.3 is 14.8 Å². The van der Waals surface area contributed by atoms with Crippen LogP contribution >= 0.6 is 0 Å². The van der Waals surface area contributed by atoms with Gasteiger partial charge in [0.2, 0.25) is 5.91 Å². The number of ether oxygens (including phenoxy) is 2. The highest BCUT2D eigenvalue weighted by Gasteiger charge is 2.17. The molecule has 1 aromatic carbocycles. The van der Waals surface area contributed by atoms with Gasteiger partial charge in [0.1, 0.15) is 18.0 Å². The van der Waals surface area contributed by atoms with Crippen LogP contribution < -0.4 is 15.5 Å². The van der Waals surface area contributed by atoms with Crippen molar-refractivity contribution in [2.24, 2.45) is 5.10 Å². The lowest BCUT2D eigenvalue weighted by Crippen LogP contribution is -2.24. The summed E-state index contributed by atoms with van der Waals surface area (Å²) in [7, 11) is 2.75. The zero-order valence-corrected chi connectivity index (χ0v) is 13.5. The first-order valence-corrected chi connectivity index (χ1v) is 6.80. The first-order chi connectivity index (χ1) is 11.4. The van der Waals surface area contributed by atoms with E-state index in [1.807, 2.05) is 0 Å². The van der Waals surface area contributed by atoms with E-state index < -0.39 is 16.7 Å². The maximum Gasteiger partial charge on any atom is 0.296 e. The molecule has 0 aliphatic carbocycles. The van der Waals surface area contributed by atoms with Crippen LogP contribution in [0.3, 0.4) is 0 Å². The summed E-state index contributed by atoms with van der Waals surface area (Å²) in [5, 5.41) is 17.2. The lowest BCUT2D eigenvalue weighted by Gasteiger charge is -2.07. The van der Waals surface area contributed by atoms with Crippen LogP contribution in [-0.2, 0) is 14.3 Å². The van der Waals surface area contributed by atoms with Gasteiger partial charge >= 0.3 is 0 Å². The highest BCUT2D eigenvalue weighted by molar-refractivity contribution is 6.06. The Kier molecular flexibility index (Phi) is 7.30. The van der Waals surface area contributed by atoms with Crippen molar-refractivity contribution in [3.05, 3.63) is 28.3 Å². The molecule has 0 atom stereocenters. The minimum absolute atomic E-state index is 0.0435. The maximum absolute atomic E-state index is 11.9. The molecule has 10 nitrogen and oxygen atoms in total. The lowest BCUT2D eigenvalue weighted by atomic mass is 10.2. The normalized spacial score (nSPS) is 10.9. The van der Waals surface area contributed by atoms with Gasteiger partial charge in [-0.05, 0) is 19.1 Å². The highest BCUT2D eigenvalue weighted by Crippen LogP contribution is 2.28. The predicted octanol–water partition coefficient (Wildman–Crippen LogP) is 1.07. The molecule has 130 valence electrons. The Labute approximate surface area is 138 Å². The summed E-state index contributed by atoms with van der Waals surface area (Å²) in [6, 6.07) is 4.08. The molecule has 24 heavy (non-hydrogen) atoms. The van der Waals surface area contributed by atoms with Crippen molar-refractivity contribution in [1.82, 2.24) is 5.43 Å². The number of carbonyl (C=O) groups is 2. The zero-order chi connectivity index (χ0) is 18.1. The third-order valence-electron chi connectivity index (χ3n) is 2.74. The van der Waals surface area contributed by atoms with Crippen molar-refractivity contribution in [2.45, 2.75) is 13.3 Å². The van der Waals surface area contributed by atoms with Crippen LogP contribution in [0, 0.1) is 10.1 Å². The first-order valence-electron chi connectivity index (χ1n) is 6.80. The summed E-state index contributed by atoms with van der Waals surface area (Å²) >= 11 is 0. The first kappa shape index (κ1) is 19.0. The van der Waals surface area contributed by atoms with Gasteiger partial charge in [0.25, 0.3) is 11.6 Å². The molecular weight excluding hydrogens is 320 g/mol. The number of benzene rings is 1. The topological polar surface area (TPSA) is 132 Å². The zero-order valence-electron chi connectivity index (χ0n) is 13.5. The molecule has 0 aliphatic rings. The van der Waals surface area contributed by atoms with Crippen molar-refractivity contribution in [3.8, 4) is 5.75 Å². The molecule has 0 radical (unpaired) electrons. The number of hydrogen-bond donors (Lipinski definition) is 2. The van der Waals surface area contributed by atoms with Crippen LogP contribution in [0.1, 0.15) is 13.3 Å². The van der Waals surface area contributed by atoms with E-state index in [9.17, 15) is 19.7 Å². The average molecular weight is 338 g/mol. The maximum atomic E-state index is 11.9.